The van der Waals surface area contributed by atoms with E-state index in [0.717, 1.165) is 5.39 Å². The molecule has 0 saturated carbocycles. The highest BCUT2D eigenvalue weighted by atomic mass is 32.1. The minimum Gasteiger partial charge on any atom is -0.486 e. The Hall–Kier alpha value is -4.31. The fourth-order valence-corrected chi connectivity index (χ4v) is 4.21. The van der Waals surface area contributed by atoms with Crippen LogP contribution >= 0.6 is 12.2 Å². The van der Waals surface area contributed by atoms with Crippen LogP contribution in [0.2, 0.25) is 0 Å². The molecule has 4 aromatic rings. The summed E-state index contributed by atoms with van der Waals surface area (Å²) in [5, 5.41) is 4.24. The van der Waals surface area contributed by atoms with Crippen LogP contribution in [0.25, 0.3) is 10.9 Å². The van der Waals surface area contributed by atoms with Gasteiger partial charge in [-0.05, 0) is 48.6 Å². The summed E-state index contributed by atoms with van der Waals surface area (Å²) in [5.41, 5.74) is 1.74. The zero-order valence-electron chi connectivity index (χ0n) is 19.4. The first-order valence-corrected chi connectivity index (χ1v) is 11.6. The predicted octanol–water partition coefficient (Wildman–Crippen LogP) is 4.08. The summed E-state index contributed by atoms with van der Waals surface area (Å²) >= 11 is 5.70. The SMILES string of the molecule is COC(=O)c1ccccc1NC(=S)N(Cc1ccco1)Cc1cc2cc3c(cc2[nH]c1=O)OCCO3. The normalized spacial score (nSPS) is 12.2. The van der Waals surface area contributed by atoms with Crippen molar-refractivity contribution in [3.63, 3.8) is 0 Å². The standard InChI is InChI=1S/C26H23N3O6S/c1-32-25(31)19-6-2-3-7-20(19)28-26(36)29(15-18-5-4-8-33-18)14-17-11-16-12-22-23(35-10-9-34-22)13-21(16)27-24(17)30/h2-8,11-13H,9-10,14-15H2,1H3,(H,27,30)(H,28,36). The van der Waals surface area contributed by atoms with Crippen molar-refractivity contribution in [2.75, 3.05) is 25.6 Å². The summed E-state index contributed by atoms with van der Waals surface area (Å²) in [4.78, 5) is 29.9. The number of aromatic amines is 1. The summed E-state index contributed by atoms with van der Waals surface area (Å²) in [6, 6.07) is 15.9. The topological polar surface area (TPSA) is 106 Å². The van der Waals surface area contributed by atoms with Gasteiger partial charge in [0.1, 0.15) is 19.0 Å². The van der Waals surface area contributed by atoms with Gasteiger partial charge in [-0.25, -0.2) is 4.79 Å². The molecule has 0 fully saturated rings. The monoisotopic (exact) mass is 505 g/mol. The van der Waals surface area contributed by atoms with Gasteiger partial charge in [-0.15, -0.1) is 0 Å². The number of carbonyl (C=O) groups is 1. The van der Waals surface area contributed by atoms with Crippen LogP contribution in [0.3, 0.4) is 0 Å². The Balaban J connectivity index is 1.46. The van der Waals surface area contributed by atoms with Crippen molar-refractivity contribution < 1.29 is 23.4 Å². The molecule has 0 amide bonds. The third-order valence-corrected chi connectivity index (χ3v) is 6.09. The number of nitrogens with zero attached hydrogens (tertiary/aromatic N) is 1. The zero-order valence-corrected chi connectivity index (χ0v) is 20.2. The molecule has 0 bridgehead atoms. The number of esters is 1. The summed E-state index contributed by atoms with van der Waals surface area (Å²) in [6.45, 7) is 1.43. The molecule has 2 N–H and O–H groups in total. The minimum atomic E-state index is -0.487. The average Bonchev–Trinajstić information content (AvgIpc) is 3.40. The highest BCUT2D eigenvalue weighted by Gasteiger charge is 2.19. The Kier molecular flexibility index (Phi) is 6.59. The molecular weight excluding hydrogens is 482 g/mol. The maximum Gasteiger partial charge on any atom is 0.339 e. The number of furan rings is 1. The van der Waals surface area contributed by atoms with Gasteiger partial charge in [0.2, 0.25) is 0 Å². The summed E-state index contributed by atoms with van der Waals surface area (Å²) in [5.74, 6) is 1.42. The number of nitrogens with one attached hydrogen (secondary N) is 2. The summed E-state index contributed by atoms with van der Waals surface area (Å²) in [7, 11) is 1.32. The van der Waals surface area contributed by atoms with Crippen molar-refractivity contribution >= 4 is 39.9 Å². The van der Waals surface area contributed by atoms with Gasteiger partial charge in [0.15, 0.2) is 16.6 Å². The Bertz CT molecular complexity index is 1480. The first-order valence-electron chi connectivity index (χ1n) is 11.2. The molecule has 0 spiro atoms. The molecule has 0 saturated heterocycles. The van der Waals surface area contributed by atoms with Gasteiger partial charge >= 0.3 is 5.97 Å². The predicted molar refractivity (Wildman–Crippen MR) is 138 cm³/mol. The van der Waals surface area contributed by atoms with E-state index in [2.05, 4.69) is 10.3 Å². The van der Waals surface area contributed by atoms with Gasteiger partial charge in [-0.1, -0.05) is 12.1 Å². The van der Waals surface area contributed by atoms with E-state index in [9.17, 15) is 9.59 Å². The molecule has 3 heterocycles. The number of H-pyrrole nitrogens is 1. The lowest BCUT2D eigenvalue weighted by atomic mass is 10.1. The first kappa shape index (κ1) is 23.4. The van der Waals surface area contributed by atoms with Gasteiger partial charge in [-0.2, -0.15) is 0 Å². The molecule has 0 unspecified atom stereocenters. The molecule has 0 radical (unpaired) electrons. The second-order valence-corrected chi connectivity index (χ2v) is 8.50. The van der Waals surface area contributed by atoms with E-state index < -0.39 is 5.97 Å². The van der Waals surface area contributed by atoms with Crippen LogP contribution in [-0.2, 0) is 17.8 Å². The Morgan fingerprint density at radius 1 is 1.08 bits per heavy atom. The highest BCUT2D eigenvalue weighted by molar-refractivity contribution is 7.80. The number of carbonyl (C=O) groups excluding carboxylic acids is 1. The van der Waals surface area contributed by atoms with Crippen molar-refractivity contribution in [1.29, 1.82) is 0 Å². The van der Waals surface area contributed by atoms with E-state index in [1.807, 2.05) is 18.2 Å². The molecular formula is C26H23N3O6S. The molecule has 0 aliphatic carbocycles. The quantitative estimate of drug-likeness (QED) is 0.296. The van der Waals surface area contributed by atoms with Crippen LogP contribution < -0.4 is 20.3 Å². The van der Waals surface area contributed by atoms with Gasteiger partial charge in [-0.3, -0.25) is 4.79 Å². The number of ether oxygens (including phenoxy) is 3. The van der Waals surface area contributed by atoms with Crippen molar-refractivity contribution in [3.05, 3.63) is 88.1 Å². The van der Waals surface area contributed by atoms with Crippen LogP contribution in [0.15, 0.2) is 70.1 Å². The number of rotatable bonds is 6. The van der Waals surface area contributed by atoms with Crippen LogP contribution in [0.5, 0.6) is 11.5 Å². The maximum absolute atomic E-state index is 13.0. The van der Waals surface area contributed by atoms with Crippen molar-refractivity contribution in [2.24, 2.45) is 0 Å². The molecule has 0 atom stereocenters. The van der Waals surface area contributed by atoms with E-state index in [0.29, 0.717) is 64.5 Å². The molecule has 2 aromatic carbocycles. The second-order valence-electron chi connectivity index (χ2n) is 8.11. The number of hydrogen-bond donors (Lipinski definition) is 2. The van der Waals surface area contributed by atoms with Crippen LogP contribution in [-0.4, -0.2) is 41.3 Å². The molecule has 2 aromatic heterocycles. The lowest BCUT2D eigenvalue weighted by Crippen LogP contribution is -2.35. The summed E-state index contributed by atoms with van der Waals surface area (Å²) < 4.78 is 21.7. The molecule has 10 heteroatoms. The largest absolute Gasteiger partial charge is 0.486 e. The van der Waals surface area contributed by atoms with Gasteiger partial charge in [0.25, 0.3) is 5.56 Å². The van der Waals surface area contributed by atoms with Crippen molar-refractivity contribution in [1.82, 2.24) is 9.88 Å². The lowest BCUT2D eigenvalue weighted by molar-refractivity contribution is 0.0602. The fraction of sp³-hybridized carbons (Fsp3) is 0.192. The Morgan fingerprint density at radius 2 is 1.86 bits per heavy atom. The van der Waals surface area contributed by atoms with Gasteiger partial charge < -0.3 is 33.8 Å². The van der Waals surface area contributed by atoms with E-state index in [-0.39, 0.29) is 12.1 Å². The molecule has 36 heavy (non-hydrogen) atoms. The second kappa shape index (κ2) is 10.1. The molecule has 1 aliphatic heterocycles. The zero-order chi connectivity index (χ0) is 25.1. The summed E-state index contributed by atoms with van der Waals surface area (Å²) in [6.07, 6.45) is 1.57. The van der Waals surface area contributed by atoms with Gasteiger partial charge in [0, 0.05) is 17.0 Å². The average molecular weight is 506 g/mol. The Morgan fingerprint density at radius 3 is 2.61 bits per heavy atom. The smallest absolute Gasteiger partial charge is 0.339 e. The molecule has 184 valence electrons. The number of methoxy groups -OCH3 is 1. The number of hydrogen-bond acceptors (Lipinski definition) is 7. The number of benzene rings is 2. The van der Waals surface area contributed by atoms with Crippen LogP contribution in [0, 0.1) is 0 Å². The fourth-order valence-electron chi connectivity index (χ4n) is 3.98. The van der Waals surface area contributed by atoms with E-state index in [4.69, 9.17) is 30.8 Å². The maximum atomic E-state index is 13.0. The van der Waals surface area contributed by atoms with Crippen LogP contribution in [0.4, 0.5) is 5.69 Å². The van der Waals surface area contributed by atoms with Crippen molar-refractivity contribution in [2.45, 2.75) is 13.1 Å². The van der Waals surface area contributed by atoms with Crippen molar-refractivity contribution in [3.8, 4) is 11.5 Å². The Labute approximate surface area is 211 Å². The molecule has 9 nitrogen and oxygen atoms in total. The number of aromatic nitrogens is 1. The van der Waals surface area contributed by atoms with E-state index >= 15 is 0 Å². The number of pyridine rings is 1. The third-order valence-electron chi connectivity index (χ3n) is 5.73. The molecule has 5 rings (SSSR count). The number of para-hydroxylation sites is 1. The van der Waals surface area contributed by atoms with Gasteiger partial charge in [0.05, 0.1) is 43.2 Å². The lowest BCUT2D eigenvalue weighted by Gasteiger charge is -2.25. The van der Waals surface area contributed by atoms with E-state index in [1.54, 1.807) is 47.6 Å². The first-order chi connectivity index (χ1) is 17.5. The van der Waals surface area contributed by atoms with E-state index in [1.165, 1.54) is 7.11 Å². The minimum absolute atomic E-state index is 0.187. The molecule has 1 aliphatic rings. The highest BCUT2D eigenvalue weighted by Crippen LogP contribution is 2.33. The van der Waals surface area contributed by atoms with Crippen LogP contribution in [0.1, 0.15) is 21.7 Å². The number of fused-ring (bicyclic) bond motifs is 2. The number of thiocarbonyl (C=S) groups is 1. The third kappa shape index (κ3) is 4.89. The number of anilines is 1.